The molecule has 0 aromatic heterocycles. The average molecular weight is 700 g/mol. The summed E-state index contributed by atoms with van der Waals surface area (Å²) >= 11 is 0. The molecule has 3 rings (SSSR count). The third-order valence-corrected chi connectivity index (χ3v) is 11.2. The lowest BCUT2D eigenvalue weighted by Gasteiger charge is -2.41. The summed E-state index contributed by atoms with van der Waals surface area (Å²) in [7, 11) is 4.95. The van der Waals surface area contributed by atoms with E-state index in [0.717, 1.165) is 45.1 Å². The Bertz CT molecular complexity index is 1210. The van der Waals surface area contributed by atoms with Gasteiger partial charge >= 0.3 is 0 Å². The lowest BCUT2D eigenvalue weighted by atomic mass is 9.89. The molecule has 1 aliphatic carbocycles. The van der Waals surface area contributed by atoms with E-state index in [1.807, 2.05) is 56.9 Å². The van der Waals surface area contributed by atoms with Gasteiger partial charge in [0.1, 0.15) is 6.04 Å². The number of hydrogen-bond donors (Lipinski definition) is 3. The van der Waals surface area contributed by atoms with Crippen LogP contribution in [0.1, 0.15) is 86.5 Å². The predicted octanol–water partition coefficient (Wildman–Crippen LogP) is 3.99. The van der Waals surface area contributed by atoms with Crippen molar-refractivity contribution in [3.8, 4) is 0 Å². The van der Waals surface area contributed by atoms with E-state index in [1.54, 1.807) is 26.2 Å². The number of nitrogens with one attached hydrogen (secondary N) is 3. The number of likely N-dealkylation sites (tertiary alicyclic amines) is 1. The first kappa shape index (κ1) is 41.4. The Hall–Kier alpha value is -3.02. The molecule has 0 aromatic carbocycles. The monoisotopic (exact) mass is 699 g/mol. The third-order valence-electron chi connectivity index (χ3n) is 11.2. The summed E-state index contributed by atoms with van der Waals surface area (Å²) in [5.41, 5.74) is -0.699. The first-order valence-electron chi connectivity index (χ1n) is 18.8. The summed E-state index contributed by atoms with van der Waals surface area (Å²) in [4.78, 5) is 58.4. The largest absolute Gasteiger partial charge is 0.379 e. The second kappa shape index (κ2) is 19.6. The van der Waals surface area contributed by atoms with Crippen LogP contribution in [-0.2, 0) is 28.7 Å². The number of carbonyl (C=O) groups excluding carboxylic acids is 4. The third kappa shape index (κ3) is 10.5. The predicted molar refractivity (Wildman–Crippen MR) is 197 cm³/mol. The Labute approximate surface area is 301 Å². The maximum Gasteiger partial charge on any atom is 0.245 e. The van der Waals surface area contributed by atoms with Crippen LogP contribution in [-0.4, -0.2) is 110 Å². The SMILES string of the molecule is CC[C@H](C)[C@@H]([C@@H](CC(=O)N1CCC[C@H]1[C@H](OC)[C@@H](C)C(=O)NCCC1C=CC=CC=C1)OC)N(C)C(=O)C(NC(=O)[C@@]1(C)CCCN1)C(C)C. The number of hydrogen-bond acceptors (Lipinski definition) is 7. The normalized spacial score (nSPS) is 24.4. The van der Waals surface area contributed by atoms with Crippen molar-refractivity contribution in [3.63, 3.8) is 0 Å². The standard InChI is InChI=1S/C39H65N5O6/c1-10-27(4)34(43(7)37(47)33(26(2)3)42-38(48)39(6)21-16-22-41-39)31(49-8)25-32(45)44-24-15-19-30(44)35(50-9)28(5)36(46)40-23-20-29-17-13-11-12-14-18-29/h11-14,17-18,26-31,33-35,41H,10,15-16,19-25H2,1-9H3,(H,40,46)(H,42,48)/t27-,28+,30-,31+,33?,34-,35+,39+/m0/s1. The highest BCUT2D eigenvalue weighted by atomic mass is 16.5. The molecule has 4 amide bonds. The van der Waals surface area contributed by atoms with Gasteiger partial charge in [-0.1, -0.05) is 77.5 Å². The lowest BCUT2D eigenvalue weighted by molar-refractivity contribution is -0.148. The summed E-state index contributed by atoms with van der Waals surface area (Å²) in [6.07, 6.45) is 16.1. The highest BCUT2D eigenvalue weighted by Crippen LogP contribution is 2.30. The van der Waals surface area contributed by atoms with Crippen molar-refractivity contribution in [2.75, 3.05) is 40.9 Å². The Balaban J connectivity index is 1.70. The van der Waals surface area contributed by atoms with Crippen LogP contribution in [0.3, 0.4) is 0 Å². The molecule has 2 saturated heterocycles. The van der Waals surface area contributed by atoms with Crippen molar-refractivity contribution in [2.45, 2.75) is 122 Å². The molecular formula is C39H65N5O6. The highest BCUT2D eigenvalue weighted by molar-refractivity contribution is 5.92. The molecule has 1 unspecified atom stereocenters. The van der Waals surface area contributed by atoms with Crippen LogP contribution in [0.4, 0.5) is 0 Å². The van der Waals surface area contributed by atoms with Crippen LogP contribution in [0.25, 0.3) is 0 Å². The van der Waals surface area contributed by atoms with Crippen molar-refractivity contribution in [1.29, 1.82) is 0 Å². The van der Waals surface area contributed by atoms with E-state index in [-0.39, 0.29) is 53.8 Å². The zero-order chi connectivity index (χ0) is 37.0. The van der Waals surface area contributed by atoms with Gasteiger partial charge in [0.15, 0.2) is 0 Å². The van der Waals surface area contributed by atoms with Gasteiger partial charge in [-0.25, -0.2) is 0 Å². The molecule has 0 radical (unpaired) electrons. The van der Waals surface area contributed by atoms with Gasteiger partial charge in [-0.05, 0) is 63.3 Å². The lowest BCUT2D eigenvalue weighted by Crippen LogP contribution is -2.61. The van der Waals surface area contributed by atoms with Gasteiger partial charge in [0.2, 0.25) is 23.6 Å². The minimum absolute atomic E-state index is 0.0179. The Morgan fingerprint density at radius 2 is 1.70 bits per heavy atom. The molecule has 50 heavy (non-hydrogen) atoms. The van der Waals surface area contributed by atoms with Crippen molar-refractivity contribution >= 4 is 23.6 Å². The van der Waals surface area contributed by atoms with E-state index in [2.05, 4.69) is 41.9 Å². The molecule has 0 aromatic rings. The smallest absolute Gasteiger partial charge is 0.245 e. The molecule has 2 fully saturated rings. The maximum absolute atomic E-state index is 14.1. The fraction of sp³-hybridized carbons (Fsp3) is 0.744. The molecule has 11 heteroatoms. The van der Waals surface area contributed by atoms with Crippen molar-refractivity contribution in [2.24, 2.45) is 23.7 Å². The Morgan fingerprint density at radius 1 is 1.02 bits per heavy atom. The summed E-state index contributed by atoms with van der Waals surface area (Å²) in [5.74, 6) is -0.866. The number of nitrogens with zero attached hydrogens (tertiary/aromatic N) is 2. The second-order valence-corrected chi connectivity index (χ2v) is 15.0. The van der Waals surface area contributed by atoms with Gasteiger partial charge in [0, 0.05) is 34.4 Å². The van der Waals surface area contributed by atoms with Crippen molar-refractivity contribution < 1.29 is 28.7 Å². The van der Waals surface area contributed by atoms with E-state index >= 15 is 0 Å². The Morgan fingerprint density at radius 3 is 2.26 bits per heavy atom. The van der Waals surface area contributed by atoms with Gasteiger partial charge in [-0.15, -0.1) is 0 Å². The van der Waals surface area contributed by atoms with Crippen LogP contribution in [0.5, 0.6) is 0 Å². The molecule has 2 heterocycles. The molecule has 11 nitrogen and oxygen atoms in total. The Kier molecular flexibility index (Phi) is 16.2. The quantitative estimate of drug-likeness (QED) is 0.197. The molecule has 0 saturated carbocycles. The van der Waals surface area contributed by atoms with Gasteiger partial charge in [0.05, 0.1) is 42.2 Å². The van der Waals surface area contributed by atoms with E-state index < -0.39 is 35.7 Å². The fourth-order valence-corrected chi connectivity index (χ4v) is 7.75. The number of carbonyl (C=O) groups is 4. The average Bonchev–Trinajstić information content (AvgIpc) is 3.69. The van der Waals surface area contributed by atoms with E-state index in [4.69, 9.17) is 9.47 Å². The summed E-state index contributed by atoms with van der Waals surface area (Å²) in [5, 5.41) is 9.41. The molecule has 0 spiro atoms. The van der Waals surface area contributed by atoms with Crippen LogP contribution >= 0.6 is 0 Å². The number of allylic oxidation sites excluding steroid dienone is 6. The van der Waals surface area contributed by atoms with Gasteiger partial charge in [0.25, 0.3) is 0 Å². The minimum Gasteiger partial charge on any atom is -0.379 e. The first-order chi connectivity index (χ1) is 23.8. The van der Waals surface area contributed by atoms with Crippen LogP contribution in [0.2, 0.25) is 0 Å². The summed E-state index contributed by atoms with van der Waals surface area (Å²) in [6, 6.07) is -1.38. The molecule has 282 valence electrons. The zero-order valence-electron chi connectivity index (χ0n) is 32.1. The molecule has 8 atom stereocenters. The van der Waals surface area contributed by atoms with Crippen LogP contribution < -0.4 is 16.0 Å². The summed E-state index contributed by atoms with van der Waals surface area (Å²) < 4.78 is 11.9. The van der Waals surface area contributed by atoms with Gasteiger partial charge in [-0.2, -0.15) is 0 Å². The number of amides is 4. The first-order valence-corrected chi connectivity index (χ1v) is 18.8. The maximum atomic E-state index is 14.1. The van der Waals surface area contributed by atoms with Crippen LogP contribution in [0.15, 0.2) is 36.5 Å². The number of ether oxygens (including phenoxy) is 2. The zero-order valence-corrected chi connectivity index (χ0v) is 32.1. The fourth-order valence-electron chi connectivity index (χ4n) is 7.75. The number of rotatable bonds is 18. The van der Waals surface area contributed by atoms with Crippen LogP contribution in [0, 0.1) is 23.7 Å². The molecule has 3 N–H and O–H groups in total. The van der Waals surface area contributed by atoms with Crippen molar-refractivity contribution in [1.82, 2.24) is 25.8 Å². The molecule has 3 aliphatic rings. The molecule has 0 bridgehead atoms. The summed E-state index contributed by atoms with van der Waals surface area (Å²) in [6.45, 7) is 13.6. The number of likely N-dealkylation sites (N-methyl/N-ethyl adjacent to an activating group) is 1. The second-order valence-electron chi connectivity index (χ2n) is 15.0. The highest BCUT2D eigenvalue weighted by Gasteiger charge is 2.44. The number of methoxy groups -OCH3 is 2. The van der Waals surface area contributed by atoms with E-state index in [9.17, 15) is 19.2 Å². The molecule has 2 aliphatic heterocycles. The van der Waals surface area contributed by atoms with E-state index in [0.29, 0.717) is 13.1 Å². The topological polar surface area (TPSA) is 129 Å². The minimum atomic E-state index is -0.721. The molecular weight excluding hydrogens is 634 g/mol. The van der Waals surface area contributed by atoms with Gasteiger partial charge < -0.3 is 35.2 Å². The van der Waals surface area contributed by atoms with Crippen molar-refractivity contribution in [3.05, 3.63) is 36.5 Å². The van der Waals surface area contributed by atoms with E-state index in [1.165, 1.54) is 0 Å². The van der Waals surface area contributed by atoms with Gasteiger partial charge in [-0.3, -0.25) is 19.2 Å².